The van der Waals surface area contributed by atoms with Gasteiger partial charge in [0.05, 0.1) is 32.8 Å². The highest BCUT2D eigenvalue weighted by molar-refractivity contribution is 5.71. The van der Waals surface area contributed by atoms with Gasteiger partial charge in [-0.15, -0.1) is 0 Å². The predicted molar refractivity (Wildman–Crippen MR) is 270 cm³/mol. The Morgan fingerprint density at radius 2 is 0.942 bits per heavy atom. The van der Waals surface area contributed by atoms with Crippen LogP contribution in [0.1, 0.15) is 155 Å². The second kappa shape index (κ2) is 41.8. The number of aliphatic hydroxyl groups is 7. The van der Waals surface area contributed by atoms with E-state index in [0.29, 0.717) is 13.0 Å². The lowest BCUT2D eigenvalue weighted by molar-refractivity contribution is -0.332. The van der Waals surface area contributed by atoms with Gasteiger partial charge in [-0.3, -0.25) is 4.79 Å². The molecule has 0 aromatic carbocycles. The normalized spacial score (nSPS) is 26.4. The number of rotatable bonds is 40. The summed E-state index contributed by atoms with van der Waals surface area (Å²) in [4.78, 5) is 12.9. The summed E-state index contributed by atoms with van der Waals surface area (Å²) in [5.41, 5.74) is 0. The molecule has 11 unspecified atom stereocenters. The third kappa shape index (κ3) is 29.3. The number of hydrogen-bond acceptors (Lipinski definition) is 14. The highest BCUT2D eigenvalue weighted by Gasteiger charge is 2.47. The first-order valence-electron chi connectivity index (χ1n) is 26.2. The lowest BCUT2D eigenvalue weighted by Crippen LogP contribution is -2.61. The maximum absolute atomic E-state index is 12.9. The standard InChI is InChI=1S/C55H92O14/c1-3-5-7-9-11-13-15-17-19-20-21-22-23-25-27-29-31-33-35-37-39-64-41-44(67-47(57)38-36-34-32-30-28-26-24-18-16-14-12-10-8-6-4-2)42-65-54-53(63)51(61)49(59)46(69-54)43-66-55-52(62)50(60)48(58)45(40-56)68-55/h6,8,11-14,17-19,24,28,30,34,36,44-46,48-56,58-63H,3-5,7,9-10,15-16,20-23,25-27,29,31-33,35,37-43H2,1-2H3/b8-6-,13-11-,14-12-,19-17-,24-18-,30-28-,36-34-. The van der Waals surface area contributed by atoms with Crippen molar-refractivity contribution in [2.24, 2.45) is 0 Å². The van der Waals surface area contributed by atoms with Crippen LogP contribution < -0.4 is 0 Å². The van der Waals surface area contributed by atoms with Gasteiger partial charge in [-0.25, -0.2) is 0 Å². The second-order valence-corrected chi connectivity index (χ2v) is 18.0. The minimum absolute atomic E-state index is 0.0149. The highest BCUT2D eigenvalue weighted by atomic mass is 16.7. The quantitative estimate of drug-likeness (QED) is 0.0176. The number of carbonyl (C=O) groups excluding carboxylic acids is 1. The largest absolute Gasteiger partial charge is 0.457 e. The van der Waals surface area contributed by atoms with E-state index in [2.05, 4.69) is 80.7 Å². The van der Waals surface area contributed by atoms with E-state index in [-0.39, 0.29) is 19.6 Å². The van der Waals surface area contributed by atoms with Gasteiger partial charge in [0.1, 0.15) is 54.9 Å². The lowest BCUT2D eigenvalue weighted by Gasteiger charge is -2.42. The molecular weight excluding hydrogens is 885 g/mol. The first-order chi connectivity index (χ1) is 33.6. The van der Waals surface area contributed by atoms with Gasteiger partial charge in [0.15, 0.2) is 12.6 Å². The summed E-state index contributed by atoms with van der Waals surface area (Å²) in [6.45, 7) is 3.39. The molecule has 396 valence electrons. The van der Waals surface area contributed by atoms with Crippen molar-refractivity contribution in [1.29, 1.82) is 0 Å². The fourth-order valence-corrected chi connectivity index (χ4v) is 7.68. The van der Waals surface area contributed by atoms with Gasteiger partial charge >= 0.3 is 5.97 Å². The van der Waals surface area contributed by atoms with Gasteiger partial charge < -0.3 is 64.2 Å². The maximum Gasteiger partial charge on any atom is 0.310 e. The third-order valence-electron chi connectivity index (χ3n) is 11.9. The molecular formula is C55H92O14. The molecule has 0 aromatic heterocycles. The fourth-order valence-electron chi connectivity index (χ4n) is 7.68. The fraction of sp³-hybridized carbons (Fsp3) is 0.727. The summed E-state index contributed by atoms with van der Waals surface area (Å²) in [5, 5.41) is 72.1. The SMILES string of the molecule is CC/C=C\C/C=C\C/C=C\C/C=C\C/C=C\CC(=O)OC(COCCCCCCCCCCCC/C=C\C/C=C\CCCCC)COC1OC(COC2OC(CO)C(O)C(O)C2O)C(O)C(O)C1O. The first-order valence-corrected chi connectivity index (χ1v) is 26.2. The summed E-state index contributed by atoms with van der Waals surface area (Å²) in [5.74, 6) is -0.506. The molecule has 0 bridgehead atoms. The summed E-state index contributed by atoms with van der Waals surface area (Å²) >= 11 is 0. The average Bonchev–Trinajstić information content (AvgIpc) is 3.35. The van der Waals surface area contributed by atoms with Gasteiger partial charge in [-0.05, 0) is 70.6 Å². The molecule has 0 aromatic rings. The Bertz CT molecular complexity index is 1460. The second-order valence-electron chi connectivity index (χ2n) is 18.0. The predicted octanol–water partition coefficient (Wildman–Crippen LogP) is 8.07. The molecule has 2 saturated heterocycles. The molecule has 2 rings (SSSR count). The van der Waals surface area contributed by atoms with Gasteiger partial charge in [0, 0.05) is 6.61 Å². The van der Waals surface area contributed by atoms with Crippen molar-refractivity contribution in [3.8, 4) is 0 Å². The Labute approximate surface area is 414 Å². The van der Waals surface area contributed by atoms with Crippen molar-refractivity contribution >= 4 is 5.97 Å². The Hall–Kier alpha value is -2.83. The van der Waals surface area contributed by atoms with Crippen LogP contribution in [0.25, 0.3) is 0 Å². The van der Waals surface area contributed by atoms with E-state index in [4.69, 9.17) is 28.4 Å². The van der Waals surface area contributed by atoms with E-state index in [0.717, 1.165) is 57.8 Å². The maximum atomic E-state index is 12.9. The van der Waals surface area contributed by atoms with Crippen LogP contribution in [-0.2, 0) is 33.2 Å². The van der Waals surface area contributed by atoms with Crippen LogP contribution in [0.3, 0.4) is 0 Å². The van der Waals surface area contributed by atoms with Crippen LogP contribution in [0, 0.1) is 0 Å². The zero-order valence-electron chi connectivity index (χ0n) is 42.0. The number of ether oxygens (including phenoxy) is 6. The van der Waals surface area contributed by atoms with Crippen LogP contribution in [0.2, 0.25) is 0 Å². The van der Waals surface area contributed by atoms with Crippen molar-refractivity contribution in [3.63, 3.8) is 0 Å². The molecule has 14 heteroatoms. The van der Waals surface area contributed by atoms with E-state index in [1.807, 2.05) is 12.2 Å². The molecule has 7 N–H and O–H groups in total. The molecule has 11 atom stereocenters. The molecule has 2 fully saturated rings. The van der Waals surface area contributed by atoms with Crippen LogP contribution in [0.15, 0.2) is 85.1 Å². The van der Waals surface area contributed by atoms with Gasteiger partial charge in [0.25, 0.3) is 0 Å². The number of unbranched alkanes of at least 4 members (excludes halogenated alkanes) is 13. The van der Waals surface area contributed by atoms with Crippen molar-refractivity contribution in [2.75, 3.05) is 33.0 Å². The molecule has 0 spiro atoms. The van der Waals surface area contributed by atoms with Gasteiger partial charge in [-0.1, -0.05) is 163 Å². The molecule has 0 radical (unpaired) electrons. The van der Waals surface area contributed by atoms with Crippen molar-refractivity contribution in [2.45, 2.75) is 223 Å². The minimum atomic E-state index is -1.73. The van der Waals surface area contributed by atoms with Crippen molar-refractivity contribution in [1.82, 2.24) is 0 Å². The van der Waals surface area contributed by atoms with E-state index in [1.54, 1.807) is 6.08 Å². The molecule has 2 heterocycles. The Balaban J connectivity index is 1.79. The highest BCUT2D eigenvalue weighted by Crippen LogP contribution is 2.26. The smallest absolute Gasteiger partial charge is 0.310 e. The van der Waals surface area contributed by atoms with E-state index >= 15 is 0 Å². The zero-order chi connectivity index (χ0) is 50.2. The van der Waals surface area contributed by atoms with Crippen LogP contribution in [-0.4, -0.2) is 142 Å². The number of carbonyl (C=O) groups is 1. The van der Waals surface area contributed by atoms with Crippen LogP contribution in [0.4, 0.5) is 0 Å². The van der Waals surface area contributed by atoms with E-state index < -0.39 is 86.7 Å². The van der Waals surface area contributed by atoms with Crippen LogP contribution >= 0.6 is 0 Å². The molecule has 2 aliphatic rings. The summed E-state index contributed by atoms with van der Waals surface area (Å²) in [6, 6.07) is 0. The Kier molecular flexibility index (Phi) is 37.7. The number of aliphatic hydroxyl groups excluding tert-OH is 7. The van der Waals surface area contributed by atoms with E-state index in [9.17, 15) is 40.5 Å². The van der Waals surface area contributed by atoms with Gasteiger partial charge in [0.2, 0.25) is 0 Å². The number of hydrogen-bond donors (Lipinski definition) is 7. The van der Waals surface area contributed by atoms with Crippen LogP contribution in [0.5, 0.6) is 0 Å². The Morgan fingerprint density at radius 3 is 1.48 bits per heavy atom. The topological polar surface area (TPSA) is 214 Å². The minimum Gasteiger partial charge on any atom is -0.457 e. The zero-order valence-corrected chi connectivity index (χ0v) is 42.0. The van der Waals surface area contributed by atoms with E-state index in [1.165, 1.54) is 70.6 Å². The number of esters is 1. The monoisotopic (exact) mass is 977 g/mol. The molecule has 2 aliphatic heterocycles. The summed E-state index contributed by atoms with van der Waals surface area (Å²) in [6.07, 6.45) is 36.7. The average molecular weight is 977 g/mol. The molecule has 69 heavy (non-hydrogen) atoms. The first kappa shape index (κ1) is 62.3. The van der Waals surface area contributed by atoms with Gasteiger partial charge in [-0.2, -0.15) is 0 Å². The summed E-state index contributed by atoms with van der Waals surface area (Å²) < 4.78 is 34.1. The van der Waals surface area contributed by atoms with Crippen molar-refractivity contribution in [3.05, 3.63) is 85.1 Å². The van der Waals surface area contributed by atoms with Crippen molar-refractivity contribution < 1.29 is 69.0 Å². The molecule has 0 aliphatic carbocycles. The summed E-state index contributed by atoms with van der Waals surface area (Å²) in [7, 11) is 0. The lowest BCUT2D eigenvalue weighted by atomic mass is 9.98. The molecule has 0 saturated carbocycles. The Morgan fingerprint density at radius 1 is 0.493 bits per heavy atom. The molecule has 0 amide bonds. The molecule has 14 nitrogen and oxygen atoms in total. The number of allylic oxidation sites excluding steroid dienone is 13. The third-order valence-corrected chi connectivity index (χ3v) is 11.9.